The van der Waals surface area contributed by atoms with E-state index in [0.29, 0.717) is 18.1 Å². The van der Waals surface area contributed by atoms with Crippen molar-refractivity contribution in [1.82, 2.24) is 0 Å². The van der Waals surface area contributed by atoms with E-state index in [9.17, 15) is 9.66 Å². The van der Waals surface area contributed by atoms with Crippen LogP contribution in [0.1, 0.15) is 59.9 Å². The maximum absolute atomic E-state index is 12.3. The molecule has 0 fully saturated rings. The Morgan fingerprint density at radius 3 is 2.26 bits per heavy atom. The van der Waals surface area contributed by atoms with Gasteiger partial charge in [0.25, 0.3) is 0 Å². The van der Waals surface area contributed by atoms with Crippen LogP contribution >= 0.6 is 0 Å². The van der Waals surface area contributed by atoms with Crippen LogP contribution in [0.25, 0.3) is 11.1 Å². The second kappa shape index (κ2) is 13.5. The van der Waals surface area contributed by atoms with Gasteiger partial charge >= 0.3 is 0 Å². The van der Waals surface area contributed by atoms with Crippen LogP contribution in [0.5, 0.6) is 11.5 Å². The maximum Gasteiger partial charge on any atom is 0.130 e. The van der Waals surface area contributed by atoms with Crippen molar-refractivity contribution in [2.45, 2.75) is 44.3 Å². The summed E-state index contributed by atoms with van der Waals surface area (Å²) < 4.78 is 18.4. The summed E-state index contributed by atoms with van der Waals surface area (Å²) in [4.78, 5) is 0. The average molecular weight is 537 g/mol. The van der Waals surface area contributed by atoms with Gasteiger partial charge in [-0.2, -0.15) is 0 Å². The van der Waals surface area contributed by atoms with E-state index in [1.54, 1.807) is 6.07 Å². The SMILES string of the molecule is [O-][S+](CCCCCOc1ccc(C2=C(c3ccccc3)CCCc3cc(O)ccc32)cc1)Cc1ccccc1. The lowest BCUT2D eigenvalue weighted by atomic mass is 9.88. The number of aromatic hydroxyl groups is 1. The molecule has 3 nitrogen and oxygen atoms in total. The third kappa shape index (κ3) is 7.35. The summed E-state index contributed by atoms with van der Waals surface area (Å²) in [6.45, 7) is 0.657. The van der Waals surface area contributed by atoms with Crippen molar-refractivity contribution in [3.63, 3.8) is 0 Å². The molecule has 0 saturated carbocycles. The first-order chi connectivity index (χ1) is 19.2. The second-order valence-electron chi connectivity index (χ2n) is 10.1. The van der Waals surface area contributed by atoms with Crippen LogP contribution in [-0.4, -0.2) is 22.0 Å². The highest BCUT2D eigenvalue weighted by Gasteiger charge is 2.20. The van der Waals surface area contributed by atoms with Crippen LogP contribution in [0.15, 0.2) is 103 Å². The highest BCUT2D eigenvalue weighted by Crippen LogP contribution is 2.41. The van der Waals surface area contributed by atoms with Crippen molar-refractivity contribution in [2.24, 2.45) is 0 Å². The molecule has 0 bridgehead atoms. The summed E-state index contributed by atoms with van der Waals surface area (Å²) in [6, 6.07) is 34.9. The fourth-order valence-electron chi connectivity index (χ4n) is 5.31. The Morgan fingerprint density at radius 2 is 1.49 bits per heavy atom. The quantitative estimate of drug-likeness (QED) is 0.155. The first kappa shape index (κ1) is 27.1. The summed E-state index contributed by atoms with van der Waals surface area (Å²) in [7, 11) is 0. The van der Waals surface area contributed by atoms with Crippen LogP contribution < -0.4 is 4.74 Å². The number of unbranched alkanes of at least 4 members (excludes halogenated alkanes) is 2. The number of phenolic OH excluding ortho intramolecular Hbond substituents is 1. The lowest BCUT2D eigenvalue weighted by Gasteiger charge is -2.17. The standard InChI is InChI=1S/C35H36O3S/c36-31-19-22-34-30(25-31)15-10-16-33(28-13-6-2-7-14-28)35(34)29-17-20-32(21-18-29)38-23-8-3-9-24-39(37)26-27-11-4-1-5-12-27/h1-2,4-7,11-14,17-22,25,36H,3,8-10,15-16,23-24,26H2. The molecule has 0 spiro atoms. The Bertz CT molecular complexity index is 1360. The van der Waals surface area contributed by atoms with E-state index in [4.69, 9.17) is 4.74 Å². The van der Waals surface area contributed by atoms with E-state index in [1.807, 2.05) is 36.4 Å². The zero-order chi connectivity index (χ0) is 26.9. The van der Waals surface area contributed by atoms with Crippen LogP contribution in [0.3, 0.4) is 0 Å². The van der Waals surface area contributed by atoms with Crippen LogP contribution in [0.2, 0.25) is 0 Å². The topological polar surface area (TPSA) is 52.5 Å². The minimum Gasteiger partial charge on any atom is -0.616 e. The van der Waals surface area contributed by atoms with E-state index >= 15 is 0 Å². The molecule has 4 heteroatoms. The maximum atomic E-state index is 12.3. The molecule has 0 heterocycles. The van der Waals surface area contributed by atoms with Crippen molar-refractivity contribution in [3.8, 4) is 11.5 Å². The molecule has 1 N–H and O–H groups in total. The van der Waals surface area contributed by atoms with E-state index in [0.717, 1.165) is 61.2 Å². The van der Waals surface area contributed by atoms with Gasteiger partial charge in [0.1, 0.15) is 23.0 Å². The first-order valence-corrected chi connectivity index (χ1v) is 15.4. The zero-order valence-electron chi connectivity index (χ0n) is 22.4. The van der Waals surface area contributed by atoms with Gasteiger partial charge in [0, 0.05) is 5.56 Å². The van der Waals surface area contributed by atoms with Crippen LogP contribution in [0.4, 0.5) is 0 Å². The Labute approximate surface area is 235 Å². The number of rotatable bonds is 11. The molecule has 1 unspecified atom stereocenters. The lowest BCUT2D eigenvalue weighted by molar-refractivity contribution is 0.306. The molecule has 1 atom stereocenters. The molecule has 4 aromatic carbocycles. The van der Waals surface area contributed by atoms with Gasteiger partial charge in [0.05, 0.1) is 6.61 Å². The lowest BCUT2D eigenvalue weighted by Crippen LogP contribution is -2.09. The van der Waals surface area contributed by atoms with Gasteiger partial charge in [-0.15, -0.1) is 0 Å². The number of aryl methyl sites for hydroxylation is 1. The highest BCUT2D eigenvalue weighted by molar-refractivity contribution is 7.90. The number of ether oxygens (including phenoxy) is 1. The minimum absolute atomic E-state index is 0.322. The van der Waals surface area contributed by atoms with Crippen molar-refractivity contribution >= 4 is 22.3 Å². The molecular weight excluding hydrogens is 500 g/mol. The molecule has 0 aromatic heterocycles. The van der Waals surface area contributed by atoms with Crippen molar-refractivity contribution < 1.29 is 14.4 Å². The third-order valence-corrected chi connectivity index (χ3v) is 8.65. The molecule has 39 heavy (non-hydrogen) atoms. The summed E-state index contributed by atoms with van der Waals surface area (Å²) in [5, 5.41) is 10.1. The van der Waals surface area contributed by atoms with Gasteiger partial charge < -0.3 is 14.4 Å². The first-order valence-electron chi connectivity index (χ1n) is 13.9. The zero-order valence-corrected chi connectivity index (χ0v) is 23.2. The summed E-state index contributed by atoms with van der Waals surface area (Å²) in [5.41, 5.74) is 8.53. The monoisotopic (exact) mass is 536 g/mol. The number of phenols is 1. The molecule has 4 aromatic rings. The molecule has 1 aliphatic carbocycles. The Morgan fingerprint density at radius 1 is 0.744 bits per heavy atom. The smallest absolute Gasteiger partial charge is 0.130 e. The Kier molecular flexibility index (Phi) is 9.42. The van der Waals surface area contributed by atoms with Crippen molar-refractivity contribution in [2.75, 3.05) is 12.4 Å². The van der Waals surface area contributed by atoms with E-state index in [1.165, 1.54) is 27.8 Å². The number of allylic oxidation sites excluding steroid dienone is 1. The van der Waals surface area contributed by atoms with E-state index < -0.39 is 11.2 Å². The van der Waals surface area contributed by atoms with Crippen LogP contribution in [0, 0.1) is 0 Å². The summed E-state index contributed by atoms with van der Waals surface area (Å²) in [5.74, 6) is 2.56. The fourth-order valence-corrected chi connectivity index (χ4v) is 6.55. The highest BCUT2D eigenvalue weighted by atomic mass is 32.2. The van der Waals surface area contributed by atoms with Gasteiger partial charge in [0.2, 0.25) is 0 Å². The molecular formula is C35H36O3S. The van der Waals surface area contributed by atoms with Gasteiger partial charge in [-0.1, -0.05) is 78.9 Å². The van der Waals surface area contributed by atoms with Gasteiger partial charge in [-0.3, -0.25) is 0 Å². The molecule has 0 amide bonds. The van der Waals surface area contributed by atoms with E-state index in [2.05, 4.69) is 60.7 Å². The molecule has 0 saturated heterocycles. The molecule has 5 rings (SSSR count). The predicted molar refractivity (Wildman–Crippen MR) is 162 cm³/mol. The van der Waals surface area contributed by atoms with E-state index in [-0.39, 0.29) is 0 Å². The normalized spacial score (nSPS) is 14.0. The number of hydrogen-bond acceptors (Lipinski definition) is 3. The average Bonchev–Trinajstić information content (AvgIpc) is 3.15. The van der Waals surface area contributed by atoms with Crippen molar-refractivity contribution in [1.29, 1.82) is 0 Å². The van der Waals surface area contributed by atoms with Gasteiger partial charge in [-0.05, 0) is 107 Å². The van der Waals surface area contributed by atoms with Crippen molar-refractivity contribution in [3.05, 3.63) is 131 Å². The fraction of sp³-hybridized carbons (Fsp3) is 0.257. The largest absolute Gasteiger partial charge is 0.616 e. The number of benzene rings is 4. The van der Waals surface area contributed by atoms with Gasteiger partial charge in [-0.25, -0.2) is 0 Å². The number of fused-ring (bicyclic) bond motifs is 1. The molecule has 200 valence electrons. The second-order valence-corrected chi connectivity index (χ2v) is 11.7. The Hall–Kier alpha value is -3.47. The molecule has 0 radical (unpaired) electrons. The molecule has 0 aliphatic heterocycles. The third-order valence-electron chi connectivity index (χ3n) is 7.25. The van der Waals surface area contributed by atoms with Crippen LogP contribution in [-0.2, 0) is 23.3 Å². The Balaban J connectivity index is 1.21. The summed E-state index contributed by atoms with van der Waals surface area (Å²) in [6.07, 6.45) is 5.89. The predicted octanol–water partition coefficient (Wildman–Crippen LogP) is 8.19. The summed E-state index contributed by atoms with van der Waals surface area (Å²) >= 11 is -0.812. The molecule has 1 aliphatic rings. The van der Waals surface area contributed by atoms with Gasteiger partial charge in [0.15, 0.2) is 0 Å². The number of hydrogen-bond donors (Lipinski definition) is 1. The minimum atomic E-state index is -0.812.